The molecule has 0 aromatic heterocycles. The fourth-order valence-corrected chi connectivity index (χ4v) is 4.08. The van der Waals surface area contributed by atoms with Gasteiger partial charge in [-0.3, -0.25) is 0 Å². The summed E-state index contributed by atoms with van der Waals surface area (Å²) in [7, 11) is 0. The third kappa shape index (κ3) is 2.91. The molecule has 3 rings (SSSR count). The maximum atomic E-state index is 3.84. The van der Waals surface area contributed by atoms with Crippen molar-refractivity contribution in [1.29, 1.82) is 0 Å². The molecule has 2 heteroatoms. The van der Waals surface area contributed by atoms with Crippen LogP contribution in [0.3, 0.4) is 0 Å². The highest BCUT2D eigenvalue weighted by atomic mass is 32.2. The summed E-state index contributed by atoms with van der Waals surface area (Å²) >= 11 is 2.14. The molecular weight excluding hydrogens is 202 g/mol. The highest BCUT2D eigenvalue weighted by Gasteiger charge is 2.41. The van der Waals surface area contributed by atoms with E-state index in [0.717, 1.165) is 23.8 Å². The average Bonchev–Trinajstić information content (AvgIpc) is 3.14. The lowest BCUT2D eigenvalue weighted by Crippen LogP contribution is -2.38. The predicted molar refractivity (Wildman–Crippen MR) is 67.3 cm³/mol. The molecule has 3 fully saturated rings. The number of rotatable bonds is 5. The molecule has 0 aromatic rings. The minimum Gasteiger partial charge on any atom is -0.313 e. The molecule has 0 radical (unpaired) electrons. The van der Waals surface area contributed by atoms with E-state index in [2.05, 4.69) is 17.1 Å². The van der Waals surface area contributed by atoms with Crippen molar-refractivity contribution in [2.24, 2.45) is 17.8 Å². The van der Waals surface area contributed by atoms with Crippen LogP contribution in [0.5, 0.6) is 0 Å². The number of hydrogen-bond acceptors (Lipinski definition) is 2. The first-order valence-corrected chi connectivity index (χ1v) is 7.90. The van der Waals surface area contributed by atoms with E-state index in [1.165, 1.54) is 56.6 Å². The smallest absolute Gasteiger partial charge is 0.0158 e. The zero-order chi connectivity index (χ0) is 10.1. The fraction of sp³-hybridized carbons (Fsp3) is 1.00. The topological polar surface area (TPSA) is 12.0 Å². The lowest BCUT2D eigenvalue weighted by Gasteiger charge is -2.25. The molecule has 1 saturated heterocycles. The molecule has 1 atom stereocenters. The molecule has 0 amide bonds. The molecular formula is C13H23NS. The first-order valence-electron chi connectivity index (χ1n) is 6.74. The second kappa shape index (κ2) is 4.67. The van der Waals surface area contributed by atoms with Gasteiger partial charge in [0.25, 0.3) is 0 Å². The standard InChI is InChI=1S/C13H23NS/c1-2-12(9-15-7-1)14-8-13(10-3-4-10)11-5-6-11/h10-14H,1-9H2. The molecule has 2 aliphatic carbocycles. The first kappa shape index (κ1) is 10.5. The zero-order valence-electron chi connectivity index (χ0n) is 9.58. The summed E-state index contributed by atoms with van der Waals surface area (Å²) in [6.07, 6.45) is 8.98. The van der Waals surface area contributed by atoms with Crippen molar-refractivity contribution in [3.05, 3.63) is 0 Å². The SMILES string of the molecule is C1CSCC(NCC(C2CC2)C2CC2)C1. The van der Waals surface area contributed by atoms with E-state index in [1.54, 1.807) is 0 Å². The Balaban J connectivity index is 1.42. The second-order valence-corrected chi connectivity index (χ2v) is 6.81. The van der Waals surface area contributed by atoms with Gasteiger partial charge in [0.1, 0.15) is 0 Å². The molecule has 0 spiro atoms. The maximum Gasteiger partial charge on any atom is 0.0158 e. The molecule has 0 aromatic carbocycles. The fourth-order valence-electron chi connectivity index (χ4n) is 2.97. The van der Waals surface area contributed by atoms with E-state index in [0.29, 0.717) is 0 Å². The van der Waals surface area contributed by atoms with Gasteiger partial charge in [-0.2, -0.15) is 11.8 Å². The Morgan fingerprint density at radius 1 is 1.07 bits per heavy atom. The molecule has 1 aliphatic heterocycles. The van der Waals surface area contributed by atoms with E-state index in [1.807, 2.05) is 0 Å². The third-order valence-corrected chi connectivity index (χ3v) is 5.47. The molecule has 0 bridgehead atoms. The third-order valence-electron chi connectivity index (χ3n) is 4.26. The minimum atomic E-state index is 0.837. The van der Waals surface area contributed by atoms with Crippen LogP contribution in [0.15, 0.2) is 0 Å². The summed E-state index contributed by atoms with van der Waals surface area (Å²) in [5.41, 5.74) is 0. The molecule has 1 unspecified atom stereocenters. The minimum absolute atomic E-state index is 0.837. The van der Waals surface area contributed by atoms with E-state index < -0.39 is 0 Å². The van der Waals surface area contributed by atoms with Crippen molar-refractivity contribution in [2.75, 3.05) is 18.1 Å². The van der Waals surface area contributed by atoms with Crippen LogP contribution in [0.25, 0.3) is 0 Å². The molecule has 86 valence electrons. The van der Waals surface area contributed by atoms with Gasteiger partial charge in [0.15, 0.2) is 0 Å². The van der Waals surface area contributed by atoms with Crippen molar-refractivity contribution >= 4 is 11.8 Å². The van der Waals surface area contributed by atoms with Crippen LogP contribution in [0.2, 0.25) is 0 Å². The Morgan fingerprint density at radius 2 is 1.80 bits per heavy atom. The summed E-state index contributed by atoms with van der Waals surface area (Å²) in [6.45, 7) is 1.33. The van der Waals surface area contributed by atoms with E-state index in [4.69, 9.17) is 0 Å². The Kier molecular flexibility index (Phi) is 3.25. The van der Waals surface area contributed by atoms with Crippen molar-refractivity contribution in [1.82, 2.24) is 5.32 Å². The van der Waals surface area contributed by atoms with Crippen molar-refractivity contribution in [2.45, 2.75) is 44.6 Å². The van der Waals surface area contributed by atoms with Gasteiger partial charge in [-0.25, -0.2) is 0 Å². The van der Waals surface area contributed by atoms with Gasteiger partial charge in [-0.1, -0.05) is 0 Å². The highest BCUT2D eigenvalue weighted by Crippen LogP contribution is 2.48. The molecule has 2 saturated carbocycles. The summed E-state index contributed by atoms with van der Waals surface area (Å²) in [6, 6.07) is 0.837. The first-order chi connectivity index (χ1) is 7.43. The average molecular weight is 225 g/mol. The maximum absolute atomic E-state index is 3.84. The van der Waals surface area contributed by atoms with Crippen molar-refractivity contribution in [3.8, 4) is 0 Å². The van der Waals surface area contributed by atoms with Crippen LogP contribution < -0.4 is 5.32 Å². The van der Waals surface area contributed by atoms with Crippen LogP contribution >= 0.6 is 11.8 Å². The van der Waals surface area contributed by atoms with Gasteiger partial charge in [0, 0.05) is 11.8 Å². The number of thioether (sulfide) groups is 1. The van der Waals surface area contributed by atoms with Gasteiger partial charge < -0.3 is 5.32 Å². The van der Waals surface area contributed by atoms with Crippen LogP contribution in [0, 0.1) is 17.8 Å². The van der Waals surface area contributed by atoms with Crippen LogP contribution in [0.4, 0.5) is 0 Å². The highest BCUT2D eigenvalue weighted by molar-refractivity contribution is 7.99. The monoisotopic (exact) mass is 225 g/mol. The van der Waals surface area contributed by atoms with Crippen LogP contribution in [0.1, 0.15) is 38.5 Å². The largest absolute Gasteiger partial charge is 0.313 e. The molecule has 1 N–H and O–H groups in total. The quantitative estimate of drug-likeness (QED) is 0.772. The van der Waals surface area contributed by atoms with Gasteiger partial charge in [-0.15, -0.1) is 0 Å². The van der Waals surface area contributed by atoms with Gasteiger partial charge in [0.05, 0.1) is 0 Å². The zero-order valence-corrected chi connectivity index (χ0v) is 10.4. The molecule has 1 heterocycles. The normalized spacial score (nSPS) is 32.2. The van der Waals surface area contributed by atoms with E-state index in [-0.39, 0.29) is 0 Å². The molecule has 3 aliphatic rings. The molecule has 1 nitrogen and oxygen atoms in total. The summed E-state index contributed by atoms with van der Waals surface area (Å²) in [5, 5.41) is 3.84. The van der Waals surface area contributed by atoms with Crippen molar-refractivity contribution < 1.29 is 0 Å². The van der Waals surface area contributed by atoms with Crippen molar-refractivity contribution in [3.63, 3.8) is 0 Å². The van der Waals surface area contributed by atoms with Gasteiger partial charge in [0.2, 0.25) is 0 Å². The number of hydrogen-bond donors (Lipinski definition) is 1. The summed E-state index contributed by atoms with van der Waals surface area (Å²) in [5.74, 6) is 6.04. The van der Waals surface area contributed by atoms with E-state index in [9.17, 15) is 0 Å². The Hall–Kier alpha value is 0.310. The number of nitrogens with one attached hydrogen (secondary N) is 1. The predicted octanol–water partition coefficient (Wildman–Crippen LogP) is 2.91. The Morgan fingerprint density at radius 3 is 2.33 bits per heavy atom. The lowest BCUT2D eigenvalue weighted by molar-refractivity contribution is 0.354. The Labute approximate surface area is 97.8 Å². The van der Waals surface area contributed by atoms with Crippen LogP contribution in [-0.4, -0.2) is 24.1 Å². The second-order valence-electron chi connectivity index (χ2n) is 5.66. The molecule has 15 heavy (non-hydrogen) atoms. The Bertz CT molecular complexity index is 193. The lowest BCUT2D eigenvalue weighted by atomic mass is 9.97. The summed E-state index contributed by atoms with van der Waals surface area (Å²) < 4.78 is 0. The van der Waals surface area contributed by atoms with Gasteiger partial charge in [-0.05, 0) is 68.6 Å². The van der Waals surface area contributed by atoms with E-state index >= 15 is 0 Å². The van der Waals surface area contributed by atoms with Crippen LogP contribution in [-0.2, 0) is 0 Å². The van der Waals surface area contributed by atoms with Gasteiger partial charge >= 0.3 is 0 Å². The summed E-state index contributed by atoms with van der Waals surface area (Å²) in [4.78, 5) is 0.